The Kier molecular flexibility index (Phi) is 12.8. The van der Waals surface area contributed by atoms with E-state index < -0.39 is 23.3 Å². The van der Waals surface area contributed by atoms with Gasteiger partial charge in [-0.15, -0.1) is 0 Å². The van der Waals surface area contributed by atoms with E-state index in [0.717, 1.165) is 37.9 Å². The Hall–Kier alpha value is -2.50. The maximum absolute atomic E-state index is 13.3. The van der Waals surface area contributed by atoms with Gasteiger partial charge in [0.15, 0.2) is 10.2 Å². The molecule has 2 saturated carbocycles. The lowest BCUT2D eigenvalue weighted by atomic mass is 9.94. The number of aliphatic hydroxyl groups is 1. The third-order valence-electron chi connectivity index (χ3n) is 7.69. The van der Waals surface area contributed by atoms with Gasteiger partial charge in [-0.3, -0.25) is 20.8 Å². The van der Waals surface area contributed by atoms with Gasteiger partial charge in [-0.25, -0.2) is 23.4 Å². The number of thioether (sulfide) groups is 2. The highest BCUT2D eigenvalue weighted by atomic mass is 32.2. The number of fused-ring (bicyclic) bond motifs is 2. The fourth-order valence-electron chi connectivity index (χ4n) is 5.37. The van der Waals surface area contributed by atoms with Crippen LogP contribution >= 0.6 is 48.0 Å². The van der Waals surface area contributed by atoms with Gasteiger partial charge < -0.3 is 15.3 Å². The van der Waals surface area contributed by atoms with Crippen LogP contribution in [-0.2, 0) is 15.6 Å². The normalized spacial score (nSPS) is 24.6. The highest BCUT2D eigenvalue weighted by Gasteiger charge is 2.62. The molecular formula is C28H34F4N6O2S4. The van der Waals surface area contributed by atoms with Crippen molar-refractivity contribution >= 4 is 68.3 Å². The summed E-state index contributed by atoms with van der Waals surface area (Å²) in [6.45, 7) is 1.13. The number of thiocarbonyl (C=S) groups is 2. The molecule has 2 heterocycles. The van der Waals surface area contributed by atoms with Gasteiger partial charge in [0.2, 0.25) is 0 Å². The molecule has 0 aromatic heterocycles. The van der Waals surface area contributed by atoms with E-state index in [-0.39, 0.29) is 22.7 Å². The lowest BCUT2D eigenvalue weighted by molar-refractivity contribution is 0.388. The van der Waals surface area contributed by atoms with Crippen LogP contribution in [0.4, 0.5) is 17.6 Å². The minimum absolute atomic E-state index is 0.181. The van der Waals surface area contributed by atoms with Crippen LogP contribution in [0.15, 0.2) is 46.4 Å². The van der Waals surface area contributed by atoms with E-state index in [1.807, 2.05) is 12.5 Å². The second-order valence-corrected chi connectivity index (χ2v) is 13.0. The van der Waals surface area contributed by atoms with Crippen LogP contribution in [-0.4, -0.2) is 65.3 Å². The fourth-order valence-corrected chi connectivity index (χ4v) is 5.69. The third kappa shape index (κ3) is 8.20. The molecule has 0 saturated heterocycles. The quantitative estimate of drug-likeness (QED) is 0.135. The number of rotatable bonds is 2. The first-order chi connectivity index (χ1) is 21.0. The molecule has 2 aromatic carbocycles. The number of aliphatic hydroxyl groups excluding tert-OH is 1. The number of halogens is 4. The van der Waals surface area contributed by atoms with Crippen molar-refractivity contribution in [2.24, 2.45) is 27.7 Å². The van der Waals surface area contributed by atoms with Crippen LogP contribution in [0, 0.1) is 35.1 Å². The first-order valence-electron chi connectivity index (χ1n) is 13.2. The van der Waals surface area contributed by atoms with Crippen molar-refractivity contribution in [1.29, 1.82) is 0 Å². The monoisotopic (exact) mass is 690 g/mol. The van der Waals surface area contributed by atoms with E-state index in [1.165, 1.54) is 47.8 Å². The van der Waals surface area contributed by atoms with Crippen molar-refractivity contribution in [3.8, 4) is 0 Å². The van der Waals surface area contributed by atoms with Crippen molar-refractivity contribution in [1.82, 2.24) is 16.3 Å². The number of hydrogen-bond donors (Lipinski definition) is 5. The van der Waals surface area contributed by atoms with Crippen LogP contribution in [0.25, 0.3) is 0 Å². The molecule has 240 valence electrons. The van der Waals surface area contributed by atoms with Gasteiger partial charge in [0, 0.05) is 41.9 Å². The number of nitrogens with one attached hydrogen (secondary N) is 3. The maximum atomic E-state index is 13.3. The molecule has 0 spiro atoms. The standard InChI is InChI=1S/C13H13F2N3S2.C12H11F2NO.C2H6N2S2.CH4O/c1-20-12(19)18-17-11-10-5-13(10,6-16-11)7-2-8(14)4-9(15)3-7;1-16-11-10-5-12(10,6-15-11)7-2-8(13)4-9(14)3-7;1-6-2(5)4-3;1-2/h2-4,10H,5-6H2,1H3,(H,16,17)(H,18,19);2-4,10H,5-6H2,1H3;3H2,1H3,(H,4,5);2H,1H3/t10-,13+;10-,12+;;/m00../s1. The second-order valence-electron chi connectivity index (χ2n) is 10.1. The largest absolute Gasteiger partial charge is 0.484 e. The molecule has 2 fully saturated rings. The average molecular weight is 691 g/mol. The van der Waals surface area contributed by atoms with E-state index >= 15 is 0 Å². The summed E-state index contributed by atoms with van der Waals surface area (Å²) >= 11 is 12.5. The molecule has 6 rings (SSSR count). The molecule has 2 aliphatic heterocycles. The number of aliphatic imine (C=N–C) groups is 2. The molecule has 0 radical (unpaired) electrons. The van der Waals surface area contributed by atoms with E-state index in [4.69, 9.17) is 27.9 Å². The molecule has 0 unspecified atom stereocenters. The lowest BCUT2D eigenvalue weighted by Crippen LogP contribution is -2.40. The molecule has 44 heavy (non-hydrogen) atoms. The van der Waals surface area contributed by atoms with E-state index in [9.17, 15) is 17.6 Å². The number of nitrogens with zero attached hydrogens (tertiary/aromatic N) is 2. The van der Waals surface area contributed by atoms with Crippen molar-refractivity contribution in [2.75, 3.05) is 39.8 Å². The molecule has 0 bridgehead atoms. The Morgan fingerprint density at radius 2 is 1.30 bits per heavy atom. The van der Waals surface area contributed by atoms with Gasteiger partial charge in [-0.05, 0) is 60.7 Å². The zero-order valence-corrected chi connectivity index (χ0v) is 27.7. The van der Waals surface area contributed by atoms with Crippen LogP contribution in [0.5, 0.6) is 0 Å². The van der Waals surface area contributed by atoms with Gasteiger partial charge in [0.25, 0.3) is 0 Å². The maximum Gasteiger partial charge on any atom is 0.187 e. The zero-order chi connectivity index (χ0) is 32.7. The molecule has 8 nitrogen and oxygen atoms in total. The molecule has 4 atom stereocenters. The smallest absolute Gasteiger partial charge is 0.187 e. The zero-order valence-electron chi connectivity index (χ0n) is 24.4. The first kappa shape index (κ1) is 36.0. The number of nitrogens with two attached hydrogens (primary N) is 1. The molecule has 2 aliphatic carbocycles. The Bertz CT molecular complexity index is 1390. The first-order valence-corrected chi connectivity index (χ1v) is 16.4. The number of hydrogen-bond acceptors (Lipinski definition) is 10. The predicted molar refractivity (Wildman–Crippen MR) is 178 cm³/mol. The van der Waals surface area contributed by atoms with Crippen molar-refractivity contribution in [3.63, 3.8) is 0 Å². The van der Waals surface area contributed by atoms with Crippen LogP contribution in [0.2, 0.25) is 0 Å². The van der Waals surface area contributed by atoms with Gasteiger partial charge in [-0.2, -0.15) is 0 Å². The van der Waals surface area contributed by atoms with E-state index in [2.05, 4.69) is 38.5 Å². The predicted octanol–water partition coefficient (Wildman–Crippen LogP) is 4.36. The minimum Gasteiger partial charge on any atom is -0.484 e. The molecule has 2 aromatic rings. The Labute approximate surface area is 273 Å². The summed E-state index contributed by atoms with van der Waals surface area (Å²) in [5, 5.41) is 7.00. The SMILES string of the molecule is CO.COC1=NC[C@@]2(c3cc(F)cc(F)c3)C[C@@H]12.CSC(=S)NN.CSC(=S)NNC1=NC[C@@]2(c3cc(F)cc(F)c3)C[C@@H]12. The van der Waals surface area contributed by atoms with Crippen LogP contribution in [0.1, 0.15) is 24.0 Å². The number of amidine groups is 1. The summed E-state index contributed by atoms with van der Waals surface area (Å²) < 4.78 is 59.3. The van der Waals surface area contributed by atoms with Crippen molar-refractivity contribution < 1.29 is 27.4 Å². The number of methoxy groups -OCH3 is 1. The molecule has 16 heteroatoms. The van der Waals surface area contributed by atoms with Gasteiger partial charge in [0.05, 0.1) is 20.2 Å². The highest BCUT2D eigenvalue weighted by Crippen LogP contribution is 2.59. The second kappa shape index (κ2) is 15.7. The topological polar surface area (TPSA) is 116 Å². The Morgan fingerprint density at radius 1 is 0.841 bits per heavy atom. The summed E-state index contributed by atoms with van der Waals surface area (Å²) in [4.78, 5) is 8.65. The Balaban J connectivity index is 0.000000197. The van der Waals surface area contributed by atoms with Crippen molar-refractivity contribution in [2.45, 2.75) is 23.7 Å². The molecule has 0 amide bonds. The summed E-state index contributed by atoms with van der Waals surface area (Å²) in [5.41, 5.74) is 9.14. The Morgan fingerprint density at radius 3 is 1.66 bits per heavy atom. The highest BCUT2D eigenvalue weighted by molar-refractivity contribution is 8.22. The number of hydrazine groups is 2. The van der Waals surface area contributed by atoms with Crippen molar-refractivity contribution in [3.05, 3.63) is 70.8 Å². The van der Waals surface area contributed by atoms with E-state index in [0.29, 0.717) is 38.8 Å². The summed E-state index contributed by atoms with van der Waals surface area (Å²) in [5.74, 6) is 4.65. The fraction of sp³-hybridized carbons (Fsp3) is 0.429. The summed E-state index contributed by atoms with van der Waals surface area (Å²) in [7, 11) is 2.58. The molecular weight excluding hydrogens is 657 g/mol. The lowest BCUT2D eigenvalue weighted by Gasteiger charge is -2.11. The summed E-state index contributed by atoms with van der Waals surface area (Å²) in [6, 6.07) is 7.40. The van der Waals surface area contributed by atoms with Gasteiger partial charge in [0.1, 0.15) is 33.4 Å². The minimum atomic E-state index is -0.539. The molecule has 6 N–H and O–H groups in total. The van der Waals surface area contributed by atoms with Crippen LogP contribution in [0.3, 0.4) is 0 Å². The van der Waals surface area contributed by atoms with Gasteiger partial charge in [-0.1, -0.05) is 48.0 Å². The number of ether oxygens (including phenoxy) is 1. The average Bonchev–Trinajstić information content (AvgIpc) is 3.87. The number of benzene rings is 2. The van der Waals surface area contributed by atoms with E-state index in [1.54, 1.807) is 7.11 Å². The molecule has 4 aliphatic rings. The van der Waals surface area contributed by atoms with Crippen LogP contribution < -0.4 is 22.1 Å². The summed E-state index contributed by atoms with van der Waals surface area (Å²) in [6.07, 6.45) is 5.48. The van der Waals surface area contributed by atoms with Gasteiger partial charge >= 0.3 is 0 Å². The third-order valence-corrected chi connectivity index (χ3v) is 9.87.